The van der Waals surface area contributed by atoms with E-state index in [4.69, 9.17) is 0 Å². The van der Waals surface area contributed by atoms with Gasteiger partial charge in [0.15, 0.2) is 5.78 Å². The van der Waals surface area contributed by atoms with Gasteiger partial charge in [0.2, 0.25) is 5.91 Å². The lowest BCUT2D eigenvalue weighted by Crippen LogP contribution is -2.44. The van der Waals surface area contributed by atoms with E-state index in [0.717, 1.165) is 19.5 Å². The highest BCUT2D eigenvalue weighted by molar-refractivity contribution is 5.91. The molecule has 0 aromatic rings. The maximum absolute atomic E-state index is 12.3. The van der Waals surface area contributed by atoms with Crippen LogP contribution in [0.15, 0.2) is 0 Å². The first-order valence-corrected chi connectivity index (χ1v) is 6.89. The number of nitrogens with zero attached hydrogens (tertiary/aromatic N) is 2. The van der Waals surface area contributed by atoms with Gasteiger partial charge < -0.3 is 9.80 Å². The van der Waals surface area contributed by atoms with Gasteiger partial charge in [-0.15, -0.1) is 0 Å². The summed E-state index contributed by atoms with van der Waals surface area (Å²) in [5, 5.41) is 0. The van der Waals surface area contributed by atoms with Crippen molar-refractivity contribution in [3.8, 4) is 0 Å². The molecule has 0 aliphatic carbocycles. The molecule has 1 amide bonds. The molecule has 2 aliphatic rings. The zero-order chi connectivity index (χ0) is 13.3. The maximum atomic E-state index is 12.3. The fourth-order valence-corrected chi connectivity index (χ4v) is 3.25. The van der Waals surface area contributed by atoms with E-state index in [-0.39, 0.29) is 17.2 Å². The molecule has 4 nitrogen and oxygen atoms in total. The Bertz CT molecular complexity index is 352. The lowest BCUT2D eigenvalue weighted by atomic mass is 9.93. The molecule has 2 aliphatic heterocycles. The Morgan fingerprint density at radius 2 is 2.17 bits per heavy atom. The third kappa shape index (κ3) is 2.91. The predicted molar refractivity (Wildman–Crippen MR) is 70.3 cm³/mol. The quantitative estimate of drug-likeness (QED) is 0.744. The number of piperidine rings is 1. The summed E-state index contributed by atoms with van der Waals surface area (Å²) in [7, 11) is 2.11. The first-order valence-electron chi connectivity index (χ1n) is 6.89. The molecule has 0 aromatic carbocycles. The normalized spacial score (nSPS) is 28.7. The van der Waals surface area contributed by atoms with Gasteiger partial charge in [-0.25, -0.2) is 0 Å². The lowest BCUT2D eigenvalue weighted by Gasteiger charge is -2.34. The highest BCUT2D eigenvalue weighted by Crippen LogP contribution is 2.28. The van der Waals surface area contributed by atoms with Crippen molar-refractivity contribution in [1.82, 2.24) is 9.80 Å². The van der Waals surface area contributed by atoms with Gasteiger partial charge in [-0.1, -0.05) is 0 Å². The standard InChI is InChI=1S/C14H24N2O2/c1-14(2)8-12(17)10-16(14)13(18)7-11-5-4-6-15(3)9-11/h11H,4-10H2,1-3H3. The van der Waals surface area contributed by atoms with E-state index in [9.17, 15) is 9.59 Å². The van der Waals surface area contributed by atoms with Gasteiger partial charge in [0.1, 0.15) is 0 Å². The Balaban J connectivity index is 1.93. The lowest BCUT2D eigenvalue weighted by molar-refractivity contribution is -0.136. The Kier molecular flexibility index (Phi) is 3.76. The van der Waals surface area contributed by atoms with Gasteiger partial charge in [0.05, 0.1) is 6.54 Å². The van der Waals surface area contributed by atoms with Gasteiger partial charge in [-0.2, -0.15) is 0 Å². The summed E-state index contributed by atoms with van der Waals surface area (Å²) in [6.45, 7) is 6.44. The first-order chi connectivity index (χ1) is 8.38. The summed E-state index contributed by atoms with van der Waals surface area (Å²) >= 11 is 0. The molecule has 2 heterocycles. The second kappa shape index (κ2) is 5.00. The summed E-state index contributed by atoms with van der Waals surface area (Å²) in [4.78, 5) is 27.9. The zero-order valence-corrected chi connectivity index (χ0v) is 11.7. The molecule has 0 spiro atoms. The molecule has 4 heteroatoms. The molecule has 2 rings (SSSR count). The van der Waals surface area contributed by atoms with Gasteiger partial charge in [0.25, 0.3) is 0 Å². The highest BCUT2D eigenvalue weighted by atomic mass is 16.2. The van der Waals surface area contributed by atoms with Crippen molar-refractivity contribution in [2.45, 2.75) is 45.1 Å². The number of hydrogen-bond donors (Lipinski definition) is 0. The maximum Gasteiger partial charge on any atom is 0.223 e. The van der Waals surface area contributed by atoms with Crippen molar-refractivity contribution in [3.05, 3.63) is 0 Å². The van der Waals surface area contributed by atoms with Crippen LogP contribution < -0.4 is 0 Å². The third-order valence-electron chi connectivity index (χ3n) is 4.18. The van der Waals surface area contributed by atoms with Crippen molar-refractivity contribution in [1.29, 1.82) is 0 Å². The molecule has 0 radical (unpaired) electrons. The number of rotatable bonds is 2. The summed E-state index contributed by atoms with van der Waals surface area (Å²) in [6, 6.07) is 0. The predicted octanol–water partition coefficient (Wildman–Crippen LogP) is 1.30. The third-order valence-corrected chi connectivity index (χ3v) is 4.18. The van der Waals surface area contributed by atoms with Crippen LogP contribution in [0.25, 0.3) is 0 Å². The summed E-state index contributed by atoms with van der Waals surface area (Å²) in [6.07, 6.45) is 3.42. The van der Waals surface area contributed by atoms with Crippen molar-refractivity contribution in [2.75, 3.05) is 26.7 Å². The van der Waals surface area contributed by atoms with Crippen LogP contribution in [-0.4, -0.2) is 53.7 Å². The number of carbonyl (C=O) groups is 2. The summed E-state index contributed by atoms with van der Waals surface area (Å²) < 4.78 is 0. The molecule has 0 bridgehead atoms. The molecule has 2 fully saturated rings. The topological polar surface area (TPSA) is 40.6 Å². The number of amides is 1. The summed E-state index contributed by atoms with van der Waals surface area (Å²) in [5.74, 6) is 0.808. The number of carbonyl (C=O) groups excluding carboxylic acids is 2. The van der Waals surface area contributed by atoms with E-state index in [2.05, 4.69) is 11.9 Å². The van der Waals surface area contributed by atoms with Crippen LogP contribution in [0, 0.1) is 5.92 Å². The number of Topliss-reactive ketones (excluding diaryl/α,β-unsaturated/α-hetero) is 1. The fraction of sp³-hybridized carbons (Fsp3) is 0.857. The largest absolute Gasteiger partial charge is 0.330 e. The minimum absolute atomic E-state index is 0.158. The molecule has 102 valence electrons. The Morgan fingerprint density at radius 3 is 2.72 bits per heavy atom. The molecule has 1 unspecified atom stereocenters. The van der Waals surface area contributed by atoms with Gasteiger partial charge in [-0.3, -0.25) is 9.59 Å². The Labute approximate surface area is 109 Å². The average Bonchev–Trinajstić information content (AvgIpc) is 2.51. The highest BCUT2D eigenvalue weighted by Gasteiger charge is 2.40. The SMILES string of the molecule is CN1CCCC(CC(=O)N2CC(=O)CC2(C)C)C1. The zero-order valence-electron chi connectivity index (χ0n) is 11.7. The van der Waals surface area contributed by atoms with Crippen molar-refractivity contribution < 1.29 is 9.59 Å². The van der Waals surface area contributed by atoms with Gasteiger partial charge >= 0.3 is 0 Å². The fourth-order valence-electron chi connectivity index (χ4n) is 3.25. The van der Waals surface area contributed by atoms with Crippen molar-refractivity contribution >= 4 is 11.7 Å². The number of likely N-dealkylation sites (tertiary alicyclic amines) is 2. The van der Waals surface area contributed by atoms with E-state index in [1.807, 2.05) is 13.8 Å². The Morgan fingerprint density at radius 1 is 1.44 bits per heavy atom. The molecule has 0 N–H and O–H groups in total. The molecule has 1 atom stereocenters. The monoisotopic (exact) mass is 252 g/mol. The van der Waals surface area contributed by atoms with Gasteiger partial charge in [0, 0.05) is 24.9 Å². The van der Waals surface area contributed by atoms with Crippen LogP contribution in [0.1, 0.15) is 39.5 Å². The van der Waals surface area contributed by atoms with Crippen LogP contribution in [0.5, 0.6) is 0 Å². The minimum atomic E-state index is -0.283. The average molecular weight is 252 g/mol. The van der Waals surface area contributed by atoms with Crippen LogP contribution in [-0.2, 0) is 9.59 Å². The molecule has 0 aromatic heterocycles. The van der Waals surface area contributed by atoms with Crippen molar-refractivity contribution in [2.24, 2.45) is 5.92 Å². The molecule has 18 heavy (non-hydrogen) atoms. The van der Waals surface area contributed by atoms with E-state index >= 15 is 0 Å². The van der Waals surface area contributed by atoms with E-state index in [1.54, 1.807) is 4.90 Å². The molecular formula is C14H24N2O2. The van der Waals surface area contributed by atoms with Crippen LogP contribution in [0.3, 0.4) is 0 Å². The second-order valence-electron chi connectivity index (χ2n) is 6.48. The van der Waals surface area contributed by atoms with E-state index < -0.39 is 0 Å². The minimum Gasteiger partial charge on any atom is -0.330 e. The van der Waals surface area contributed by atoms with Crippen LogP contribution >= 0.6 is 0 Å². The van der Waals surface area contributed by atoms with Crippen LogP contribution in [0.2, 0.25) is 0 Å². The molecular weight excluding hydrogens is 228 g/mol. The molecule has 2 saturated heterocycles. The van der Waals surface area contributed by atoms with Crippen molar-refractivity contribution in [3.63, 3.8) is 0 Å². The van der Waals surface area contributed by atoms with Crippen LogP contribution in [0.4, 0.5) is 0 Å². The second-order valence-corrected chi connectivity index (χ2v) is 6.48. The summed E-state index contributed by atoms with van der Waals surface area (Å²) in [5.41, 5.74) is -0.283. The smallest absolute Gasteiger partial charge is 0.223 e. The molecule has 0 saturated carbocycles. The van der Waals surface area contributed by atoms with E-state index in [1.165, 1.54) is 6.42 Å². The number of hydrogen-bond acceptors (Lipinski definition) is 3. The van der Waals surface area contributed by atoms with Gasteiger partial charge in [-0.05, 0) is 46.2 Å². The number of ketones is 1. The first kappa shape index (κ1) is 13.5. The Hall–Kier alpha value is -0.900. The van der Waals surface area contributed by atoms with E-state index in [0.29, 0.717) is 25.3 Å².